The monoisotopic (exact) mass is 295 g/mol. The smallest absolute Gasteiger partial charge is 0.140 e. The third-order valence-electron chi connectivity index (χ3n) is 4.46. The summed E-state index contributed by atoms with van der Waals surface area (Å²) in [4.78, 5) is 8.94. The molecule has 114 valence electrons. The molecule has 0 radical (unpaired) electrons. The highest BCUT2D eigenvalue weighted by atomic mass is 15.3. The van der Waals surface area contributed by atoms with E-state index < -0.39 is 0 Å². The SMILES string of the molecule is Cc1ncc(C(C#N)N2CCN(c3ccccc3)CC2)n1C. The van der Waals surface area contributed by atoms with Gasteiger partial charge in [0.15, 0.2) is 0 Å². The van der Waals surface area contributed by atoms with Gasteiger partial charge in [0.2, 0.25) is 0 Å². The number of benzene rings is 1. The predicted octanol–water partition coefficient (Wildman–Crippen LogP) is 2.12. The van der Waals surface area contributed by atoms with Gasteiger partial charge in [-0.25, -0.2) is 4.98 Å². The molecule has 1 saturated heterocycles. The number of rotatable bonds is 3. The first-order valence-corrected chi connectivity index (χ1v) is 7.62. The topological polar surface area (TPSA) is 48.1 Å². The van der Waals surface area contributed by atoms with E-state index in [2.05, 4.69) is 45.1 Å². The van der Waals surface area contributed by atoms with E-state index in [1.54, 1.807) is 0 Å². The molecule has 2 aromatic rings. The summed E-state index contributed by atoms with van der Waals surface area (Å²) in [6.45, 7) is 5.62. The van der Waals surface area contributed by atoms with Gasteiger partial charge in [0, 0.05) is 38.9 Å². The lowest BCUT2D eigenvalue weighted by molar-refractivity contribution is 0.216. The zero-order valence-corrected chi connectivity index (χ0v) is 13.1. The van der Waals surface area contributed by atoms with Gasteiger partial charge in [-0.2, -0.15) is 5.26 Å². The molecule has 0 aliphatic carbocycles. The Hall–Kier alpha value is -2.32. The standard InChI is InChI=1S/C17H21N5/c1-14-19-13-17(20(14)2)16(12-18)22-10-8-21(9-11-22)15-6-4-3-5-7-15/h3-7,13,16H,8-11H2,1-2H3. The van der Waals surface area contributed by atoms with E-state index in [9.17, 15) is 5.26 Å². The third-order valence-corrected chi connectivity index (χ3v) is 4.46. The first-order chi connectivity index (χ1) is 10.7. The molecule has 1 fully saturated rings. The number of para-hydroxylation sites is 1. The minimum atomic E-state index is -0.218. The van der Waals surface area contributed by atoms with Gasteiger partial charge in [0.25, 0.3) is 0 Å². The number of aryl methyl sites for hydroxylation is 1. The molecule has 3 rings (SSSR count). The minimum Gasteiger partial charge on any atom is -0.369 e. The maximum atomic E-state index is 9.60. The molecule has 1 aliphatic heterocycles. The van der Waals surface area contributed by atoms with Crippen LogP contribution in [0.1, 0.15) is 17.6 Å². The molecule has 0 amide bonds. The van der Waals surface area contributed by atoms with Gasteiger partial charge in [0.05, 0.1) is 18.0 Å². The zero-order valence-electron chi connectivity index (χ0n) is 13.1. The summed E-state index contributed by atoms with van der Waals surface area (Å²) in [5.41, 5.74) is 2.24. The fraction of sp³-hybridized carbons (Fsp3) is 0.412. The third kappa shape index (κ3) is 2.70. The van der Waals surface area contributed by atoms with Crippen LogP contribution in [0, 0.1) is 18.3 Å². The Morgan fingerprint density at radius 2 is 1.82 bits per heavy atom. The molecule has 1 aromatic heterocycles. The molecule has 0 N–H and O–H groups in total. The maximum Gasteiger partial charge on any atom is 0.140 e. The first-order valence-electron chi connectivity index (χ1n) is 7.62. The van der Waals surface area contributed by atoms with Crippen LogP contribution < -0.4 is 4.90 Å². The lowest BCUT2D eigenvalue weighted by Crippen LogP contribution is -2.47. The van der Waals surface area contributed by atoms with Crippen LogP contribution in [0.25, 0.3) is 0 Å². The summed E-state index contributed by atoms with van der Waals surface area (Å²) in [7, 11) is 1.97. The van der Waals surface area contributed by atoms with E-state index in [1.807, 2.05) is 30.8 Å². The summed E-state index contributed by atoms with van der Waals surface area (Å²) < 4.78 is 2.01. The lowest BCUT2D eigenvalue weighted by atomic mass is 10.1. The van der Waals surface area contributed by atoms with Crippen LogP contribution in [-0.2, 0) is 7.05 Å². The average Bonchev–Trinajstić information content (AvgIpc) is 2.90. The van der Waals surface area contributed by atoms with Gasteiger partial charge in [-0.1, -0.05) is 18.2 Å². The van der Waals surface area contributed by atoms with E-state index in [0.717, 1.165) is 37.7 Å². The molecule has 5 nitrogen and oxygen atoms in total. The fourth-order valence-corrected chi connectivity index (χ4v) is 2.99. The number of nitrogens with zero attached hydrogens (tertiary/aromatic N) is 5. The Labute approximate surface area is 131 Å². The summed E-state index contributed by atoms with van der Waals surface area (Å²) >= 11 is 0. The van der Waals surface area contributed by atoms with Gasteiger partial charge < -0.3 is 9.47 Å². The Kier molecular flexibility index (Phi) is 4.12. The van der Waals surface area contributed by atoms with Crippen molar-refractivity contribution in [3.63, 3.8) is 0 Å². The van der Waals surface area contributed by atoms with Crippen LogP contribution in [0.3, 0.4) is 0 Å². The van der Waals surface area contributed by atoms with Crippen molar-refractivity contribution in [2.45, 2.75) is 13.0 Å². The molecule has 0 bridgehead atoms. The second kappa shape index (κ2) is 6.20. The van der Waals surface area contributed by atoms with Crippen LogP contribution in [0.5, 0.6) is 0 Å². The van der Waals surface area contributed by atoms with Crippen molar-refractivity contribution in [3.8, 4) is 6.07 Å². The molecule has 1 atom stereocenters. The molecular formula is C17H21N5. The van der Waals surface area contributed by atoms with Gasteiger partial charge in [0.1, 0.15) is 11.9 Å². The van der Waals surface area contributed by atoms with Crippen LogP contribution in [0.2, 0.25) is 0 Å². The highest BCUT2D eigenvalue weighted by molar-refractivity contribution is 5.46. The van der Waals surface area contributed by atoms with Crippen molar-refractivity contribution in [2.75, 3.05) is 31.1 Å². The number of piperazine rings is 1. The predicted molar refractivity (Wildman–Crippen MR) is 86.5 cm³/mol. The normalized spacial score (nSPS) is 17.2. The van der Waals surface area contributed by atoms with E-state index in [1.165, 1.54) is 5.69 Å². The molecule has 2 heterocycles. The Balaban J connectivity index is 1.70. The average molecular weight is 295 g/mol. The fourth-order valence-electron chi connectivity index (χ4n) is 2.99. The Morgan fingerprint density at radius 1 is 1.14 bits per heavy atom. The molecular weight excluding hydrogens is 274 g/mol. The minimum absolute atomic E-state index is 0.218. The van der Waals surface area contributed by atoms with Gasteiger partial charge >= 0.3 is 0 Å². The highest BCUT2D eigenvalue weighted by Gasteiger charge is 2.27. The van der Waals surface area contributed by atoms with Crippen molar-refractivity contribution < 1.29 is 0 Å². The van der Waals surface area contributed by atoms with E-state index in [0.29, 0.717) is 0 Å². The Bertz CT molecular complexity index is 662. The van der Waals surface area contributed by atoms with Gasteiger partial charge in [-0.15, -0.1) is 0 Å². The second-order valence-corrected chi connectivity index (χ2v) is 5.68. The van der Waals surface area contributed by atoms with Crippen molar-refractivity contribution in [1.29, 1.82) is 5.26 Å². The van der Waals surface area contributed by atoms with Crippen LogP contribution in [0.15, 0.2) is 36.5 Å². The quantitative estimate of drug-likeness (QED) is 0.870. The number of anilines is 1. The van der Waals surface area contributed by atoms with Crippen LogP contribution in [0.4, 0.5) is 5.69 Å². The molecule has 1 aromatic carbocycles. The maximum absolute atomic E-state index is 9.60. The number of nitriles is 1. The van der Waals surface area contributed by atoms with Crippen molar-refractivity contribution in [2.24, 2.45) is 7.05 Å². The molecule has 0 spiro atoms. The Morgan fingerprint density at radius 3 is 2.36 bits per heavy atom. The van der Waals surface area contributed by atoms with E-state index in [4.69, 9.17) is 0 Å². The van der Waals surface area contributed by atoms with Crippen molar-refractivity contribution in [1.82, 2.24) is 14.5 Å². The van der Waals surface area contributed by atoms with Crippen LogP contribution >= 0.6 is 0 Å². The molecule has 22 heavy (non-hydrogen) atoms. The number of hydrogen-bond acceptors (Lipinski definition) is 4. The summed E-state index contributed by atoms with van der Waals surface area (Å²) in [6, 6.07) is 12.7. The molecule has 1 unspecified atom stereocenters. The van der Waals surface area contributed by atoms with Crippen molar-refractivity contribution >= 4 is 5.69 Å². The molecule has 0 saturated carbocycles. The number of imidazole rings is 1. The summed E-state index contributed by atoms with van der Waals surface area (Å²) in [6.07, 6.45) is 1.83. The van der Waals surface area contributed by atoms with Crippen molar-refractivity contribution in [3.05, 3.63) is 48.0 Å². The number of hydrogen-bond donors (Lipinski definition) is 0. The largest absolute Gasteiger partial charge is 0.369 e. The highest BCUT2D eigenvalue weighted by Crippen LogP contribution is 2.23. The zero-order chi connectivity index (χ0) is 15.5. The summed E-state index contributed by atoms with van der Waals surface area (Å²) in [5, 5.41) is 9.60. The van der Waals surface area contributed by atoms with Gasteiger partial charge in [-0.05, 0) is 19.1 Å². The molecule has 1 aliphatic rings. The lowest BCUT2D eigenvalue weighted by Gasteiger charge is -2.38. The number of aromatic nitrogens is 2. The van der Waals surface area contributed by atoms with E-state index in [-0.39, 0.29) is 6.04 Å². The van der Waals surface area contributed by atoms with E-state index >= 15 is 0 Å². The molecule has 5 heteroatoms. The van der Waals surface area contributed by atoms with Gasteiger partial charge in [-0.3, -0.25) is 4.90 Å². The van der Waals surface area contributed by atoms with Crippen LogP contribution in [-0.4, -0.2) is 40.6 Å². The second-order valence-electron chi connectivity index (χ2n) is 5.68. The first kappa shape index (κ1) is 14.6. The summed E-state index contributed by atoms with van der Waals surface area (Å²) in [5.74, 6) is 0.943.